The molecule has 112 valence electrons. The molecule has 0 amide bonds. The lowest BCUT2D eigenvalue weighted by Crippen LogP contribution is -2.49. The first-order chi connectivity index (χ1) is 9.29. The zero-order valence-electron chi connectivity index (χ0n) is 13.5. The average molecular weight is 276 g/mol. The number of hydrogen-bond donors (Lipinski definition) is 1. The smallest absolute Gasteiger partial charge is 0.123 e. The van der Waals surface area contributed by atoms with Gasteiger partial charge in [0.15, 0.2) is 0 Å². The van der Waals surface area contributed by atoms with Gasteiger partial charge < -0.3 is 10.0 Å². The third-order valence-electron chi connectivity index (χ3n) is 4.37. The molecule has 1 aromatic carbocycles. The number of phenols is 1. The van der Waals surface area contributed by atoms with E-state index < -0.39 is 0 Å². The molecule has 3 nitrogen and oxygen atoms in total. The highest BCUT2D eigenvalue weighted by Crippen LogP contribution is 2.33. The number of hydrogen-bond acceptors (Lipinski definition) is 3. The summed E-state index contributed by atoms with van der Waals surface area (Å²) < 4.78 is 0. The van der Waals surface area contributed by atoms with Gasteiger partial charge in [-0.05, 0) is 24.9 Å². The zero-order valence-corrected chi connectivity index (χ0v) is 13.5. The third-order valence-corrected chi connectivity index (χ3v) is 4.37. The normalized spacial score (nSPS) is 22.1. The molecule has 3 heteroatoms. The maximum absolute atomic E-state index is 10.5. The molecule has 20 heavy (non-hydrogen) atoms. The molecular formula is C17H28N2O. The fourth-order valence-electron chi connectivity index (χ4n) is 2.83. The standard InChI is InChI=1S/C17H28N2O/c1-13-11-19(10-9-18(13)5)12-14-7-6-8-15(16(14)20)17(2,3)4/h6-8,13,20H,9-12H2,1-5H3. The monoisotopic (exact) mass is 276 g/mol. The van der Waals surface area contributed by atoms with Crippen molar-refractivity contribution in [2.24, 2.45) is 0 Å². The first-order valence-corrected chi connectivity index (χ1v) is 7.53. The van der Waals surface area contributed by atoms with Crippen LogP contribution in [0.1, 0.15) is 38.8 Å². The summed E-state index contributed by atoms with van der Waals surface area (Å²) in [6.45, 7) is 12.8. The Morgan fingerprint density at radius 2 is 1.95 bits per heavy atom. The van der Waals surface area contributed by atoms with Crippen LogP contribution < -0.4 is 0 Å². The molecule has 1 N–H and O–H groups in total. The predicted molar refractivity (Wildman–Crippen MR) is 84.2 cm³/mol. The van der Waals surface area contributed by atoms with Crippen LogP contribution in [0.5, 0.6) is 5.75 Å². The predicted octanol–water partition coefficient (Wildman–Crippen LogP) is 2.83. The van der Waals surface area contributed by atoms with Crippen LogP contribution in [0.2, 0.25) is 0 Å². The molecule has 1 saturated heterocycles. The van der Waals surface area contributed by atoms with Crippen LogP contribution in [-0.4, -0.2) is 47.6 Å². The van der Waals surface area contributed by atoms with Crippen molar-refractivity contribution >= 4 is 0 Å². The van der Waals surface area contributed by atoms with Crippen LogP contribution in [0.3, 0.4) is 0 Å². The summed E-state index contributed by atoms with van der Waals surface area (Å²) >= 11 is 0. The Morgan fingerprint density at radius 3 is 2.55 bits per heavy atom. The van der Waals surface area contributed by atoms with Crippen molar-refractivity contribution in [3.8, 4) is 5.75 Å². The third kappa shape index (κ3) is 3.33. The van der Waals surface area contributed by atoms with Crippen molar-refractivity contribution in [2.75, 3.05) is 26.7 Å². The molecule has 0 aromatic heterocycles. The first kappa shape index (κ1) is 15.3. The molecule has 1 atom stereocenters. The van der Waals surface area contributed by atoms with Gasteiger partial charge >= 0.3 is 0 Å². The summed E-state index contributed by atoms with van der Waals surface area (Å²) in [4.78, 5) is 4.83. The molecular weight excluding hydrogens is 248 g/mol. The van der Waals surface area contributed by atoms with E-state index in [1.807, 2.05) is 12.1 Å². The number of likely N-dealkylation sites (N-methyl/N-ethyl adjacent to an activating group) is 1. The van der Waals surface area contributed by atoms with Crippen LogP contribution in [-0.2, 0) is 12.0 Å². The number of piperazine rings is 1. The Hall–Kier alpha value is -1.06. The van der Waals surface area contributed by atoms with E-state index in [9.17, 15) is 5.11 Å². The summed E-state index contributed by atoms with van der Waals surface area (Å²) in [5.74, 6) is 0.478. The van der Waals surface area contributed by atoms with Crippen LogP contribution in [0.4, 0.5) is 0 Å². The van der Waals surface area contributed by atoms with E-state index in [2.05, 4.69) is 50.6 Å². The molecule has 1 aliphatic rings. The summed E-state index contributed by atoms with van der Waals surface area (Å²) in [6.07, 6.45) is 0. The van der Waals surface area contributed by atoms with Crippen LogP contribution in [0.15, 0.2) is 18.2 Å². The van der Waals surface area contributed by atoms with E-state index in [1.165, 1.54) is 0 Å². The van der Waals surface area contributed by atoms with E-state index in [-0.39, 0.29) is 5.41 Å². The van der Waals surface area contributed by atoms with Gasteiger partial charge in [0.25, 0.3) is 0 Å². The Kier molecular flexibility index (Phi) is 4.40. The SMILES string of the molecule is CC1CN(Cc2cccc(C(C)(C)C)c2O)CCN1C. The minimum absolute atomic E-state index is 0.0184. The molecule has 1 aliphatic heterocycles. The minimum atomic E-state index is -0.0184. The van der Waals surface area contributed by atoms with Gasteiger partial charge in [0.2, 0.25) is 0 Å². The summed E-state index contributed by atoms with van der Waals surface area (Å²) in [5.41, 5.74) is 2.07. The number of aromatic hydroxyl groups is 1. The van der Waals surface area contributed by atoms with Crippen LogP contribution >= 0.6 is 0 Å². The van der Waals surface area contributed by atoms with Crippen LogP contribution in [0, 0.1) is 0 Å². The summed E-state index contributed by atoms with van der Waals surface area (Å²) in [6, 6.07) is 6.73. The molecule has 0 aliphatic carbocycles. The highest BCUT2D eigenvalue weighted by molar-refractivity contribution is 5.44. The molecule has 0 bridgehead atoms. The lowest BCUT2D eigenvalue weighted by atomic mass is 9.85. The summed E-state index contributed by atoms with van der Waals surface area (Å²) in [5, 5.41) is 10.5. The second-order valence-corrected chi connectivity index (χ2v) is 7.13. The van der Waals surface area contributed by atoms with Gasteiger partial charge in [0, 0.05) is 37.8 Å². The highest BCUT2D eigenvalue weighted by atomic mass is 16.3. The van der Waals surface area contributed by atoms with E-state index in [0.29, 0.717) is 11.8 Å². The average Bonchev–Trinajstić information content (AvgIpc) is 2.35. The van der Waals surface area contributed by atoms with Gasteiger partial charge in [-0.2, -0.15) is 0 Å². The molecule has 2 rings (SSSR count). The molecule has 1 unspecified atom stereocenters. The highest BCUT2D eigenvalue weighted by Gasteiger charge is 2.23. The van der Waals surface area contributed by atoms with Crippen molar-refractivity contribution in [1.82, 2.24) is 9.80 Å². The van der Waals surface area contributed by atoms with Crippen molar-refractivity contribution in [2.45, 2.75) is 45.7 Å². The maximum Gasteiger partial charge on any atom is 0.123 e. The molecule has 0 spiro atoms. The van der Waals surface area contributed by atoms with Crippen molar-refractivity contribution in [3.05, 3.63) is 29.3 Å². The topological polar surface area (TPSA) is 26.7 Å². The van der Waals surface area contributed by atoms with Gasteiger partial charge in [0.05, 0.1) is 0 Å². The second kappa shape index (κ2) is 5.74. The van der Waals surface area contributed by atoms with Gasteiger partial charge in [-0.15, -0.1) is 0 Å². The number of phenolic OH excluding ortho intramolecular Hbond substituents is 1. The zero-order chi connectivity index (χ0) is 14.9. The molecule has 1 fully saturated rings. The number of para-hydroxylation sites is 1. The quantitative estimate of drug-likeness (QED) is 0.900. The minimum Gasteiger partial charge on any atom is -0.507 e. The van der Waals surface area contributed by atoms with Gasteiger partial charge in [0.1, 0.15) is 5.75 Å². The van der Waals surface area contributed by atoms with Crippen molar-refractivity contribution in [3.63, 3.8) is 0 Å². The van der Waals surface area contributed by atoms with Gasteiger partial charge in [-0.3, -0.25) is 4.90 Å². The maximum atomic E-state index is 10.5. The fourth-order valence-corrected chi connectivity index (χ4v) is 2.83. The second-order valence-electron chi connectivity index (χ2n) is 7.13. The lowest BCUT2D eigenvalue weighted by Gasteiger charge is -2.38. The van der Waals surface area contributed by atoms with Gasteiger partial charge in [-0.1, -0.05) is 39.0 Å². The Morgan fingerprint density at radius 1 is 1.25 bits per heavy atom. The molecule has 1 heterocycles. The fraction of sp³-hybridized carbons (Fsp3) is 0.647. The van der Waals surface area contributed by atoms with Gasteiger partial charge in [-0.25, -0.2) is 0 Å². The molecule has 0 saturated carbocycles. The van der Waals surface area contributed by atoms with E-state index in [1.54, 1.807) is 0 Å². The Bertz CT molecular complexity index is 465. The lowest BCUT2D eigenvalue weighted by molar-refractivity contribution is 0.0993. The number of benzene rings is 1. The Labute approximate surface area is 123 Å². The Balaban J connectivity index is 2.14. The number of rotatable bonds is 2. The van der Waals surface area contributed by atoms with Crippen LogP contribution in [0.25, 0.3) is 0 Å². The van der Waals surface area contributed by atoms with Crippen molar-refractivity contribution < 1.29 is 5.11 Å². The largest absolute Gasteiger partial charge is 0.507 e. The van der Waals surface area contributed by atoms with Crippen molar-refractivity contribution in [1.29, 1.82) is 0 Å². The van der Waals surface area contributed by atoms with E-state index in [0.717, 1.165) is 37.3 Å². The van der Waals surface area contributed by atoms with E-state index >= 15 is 0 Å². The molecule has 1 aromatic rings. The van der Waals surface area contributed by atoms with E-state index in [4.69, 9.17) is 0 Å². The first-order valence-electron chi connectivity index (χ1n) is 7.53. The molecule has 0 radical (unpaired) electrons. The summed E-state index contributed by atoms with van der Waals surface area (Å²) in [7, 11) is 2.18. The number of nitrogens with zero attached hydrogens (tertiary/aromatic N) is 2.